The Morgan fingerprint density at radius 3 is 2.57 bits per heavy atom. The molecule has 0 aliphatic carbocycles. The molecule has 0 bridgehead atoms. The summed E-state index contributed by atoms with van der Waals surface area (Å²) in [4.78, 5) is 11.7. The van der Waals surface area contributed by atoms with Crippen molar-refractivity contribution < 1.29 is 13.9 Å². The van der Waals surface area contributed by atoms with Gasteiger partial charge in [-0.2, -0.15) is 0 Å². The van der Waals surface area contributed by atoms with Gasteiger partial charge in [-0.25, -0.2) is 4.39 Å². The van der Waals surface area contributed by atoms with Crippen molar-refractivity contribution in [3.63, 3.8) is 0 Å². The summed E-state index contributed by atoms with van der Waals surface area (Å²) in [5, 5.41) is 2.85. The number of benzene rings is 1. The number of halogens is 3. The van der Waals surface area contributed by atoms with Gasteiger partial charge in [0.25, 0.3) is 5.91 Å². The van der Waals surface area contributed by atoms with Crippen molar-refractivity contribution >= 4 is 29.9 Å². The number of nitrogens with two attached hydrogens (primary N) is 1. The van der Waals surface area contributed by atoms with Gasteiger partial charge in [0, 0.05) is 12.1 Å². The van der Waals surface area contributed by atoms with Gasteiger partial charge in [-0.05, 0) is 31.0 Å². The number of ether oxygens (including phenoxy) is 1. The molecule has 0 aromatic heterocycles. The quantitative estimate of drug-likeness (QED) is 0.803. The summed E-state index contributed by atoms with van der Waals surface area (Å²) in [6, 6.07) is 3.74. The van der Waals surface area contributed by atoms with Crippen molar-refractivity contribution in [3.8, 4) is 5.75 Å². The molecule has 120 valence electrons. The maximum atomic E-state index is 12.8. The lowest BCUT2D eigenvalue weighted by atomic mass is 9.94. The number of hydrogen-bond donors (Lipinski definition) is 2. The molecule has 0 fully saturated rings. The SMILES string of the molecule is CCC(N)(CC)CNC(=O)COc1ccc(F)cc1Cl.Cl. The first-order valence-electron chi connectivity index (χ1n) is 6.53. The molecule has 0 atom stereocenters. The minimum Gasteiger partial charge on any atom is -0.482 e. The Labute approximate surface area is 135 Å². The second-order valence-electron chi connectivity index (χ2n) is 4.71. The molecule has 21 heavy (non-hydrogen) atoms. The Bertz CT molecular complexity index is 468. The van der Waals surface area contributed by atoms with E-state index in [1.807, 2.05) is 13.8 Å². The third-order valence-corrected chi connectivity index (χ3v) is 3.59. The van der Waals surface area contributed by atoms with Gasteiger partial charge in [0.05, 0.1) is 5.02 Å². The second-order valence-corrected chi connectivity index (χ2v) is 5.12. The van der Waals surface area contributed by atoms with Crippen LogP contribution in [0.5, 0.6) is 5.75 Å². The highest BCUT2D eigenvalue weighted by Gasteiger charge is 2.20. The number of hydrogen-bond acceptors (Lipinski definition) is 3. The molecule has 1 aromatic rings. The number of rotatable bonds is 7. The van der Waals surface area contributed by atoms with Crippen molar-refractivity contribution in [2.45, 2.75) is 32.2 Å². The van der Waals surface area contributed by atoms with E-state index in [1.165, 1.54) is 12.1 Å². The summed E-state index contributed by atoms with van der Waals surface area (Å²) in [5.74, 6) is -0.471. The molecule has 7 heteroatoms. The average Bonchev–Trinajstić information content (AvgIpc) is 2.44. The van der Waals surface area contributed by atoms with Gasteiger partial charge in [0.2, 0.25) is 0 Å². The first kappa shape index (κ1) is 20.0. The van der Waals surface area contributed by atoms with Gasteiger partial charge in [-0.15, -0.1) is 12.4 Å². The van der Waals surface area contributed by atoms with Crippen LogP contribution in [-0.4, -0.2) is 24.6 Å². The monoisotopic (exact) mass is 338 g/mol. The maximum Gasteiger partial charge on any atom is 0.258 e. The summed E-state index contributed by atoms with van der Waals surface area (Å²) in [6.07, 6.45) is 1.54. The highest BCUT2D eigenvalue weighted by molar-refractivity contribution is 6.32. The number of nitrogens with one attached hydrogen (secondary N) is 1. The fourth-order valence-corrected chi connectivity index (χ4v) is 1.78. The van der Waals surface area contributed by atoms with Gasteiger partial charge in [0.1, 0.15) is 11.6 Å². The van der Waals surface area contributed by atoms with E-state index in [4.69, 9.17) is 22.1 Å². The molecular formula is C14H21Cl2FN2O2. The van der Waals surface area contributed by atoms with Gasteiger partial charge in [-0.3, -0.25) is 4.79 Å². The van der Waals surface area contributed by atoms with E-state index in [9.17, 15) is 9.18 Å². The highest BCUT2D eigenvalue weighted by Crippen LogP contribution is 2.24. The molecule has 1 aromatic carbocycles. The lowest BCUT2D eigenvalue weighted by molar-refractivity contribution is -0.123. The maximum absolute atomic E-state index is 12.8. The number of carbonyl (C=O) groups is 1. The first-order chi connectivity index (χ1) is 9.40. The molecular weight excluding hydrogens is 318 g/mol. The van der Waals surface area contributed by atoms with Crippen LogP contribution in [-0.2, 0) is 4.79 Å². The summed E-state index contributed by atoms with van der Waals surface area (Å²) >= 11 is 5.79. The van der Waals surface area contributed by atoms with E-state index < -0.39 is 11.4 Å². The van der Waals surface area contributed by atoms with Crippen LogP contribution in [0, 0.1) is 5.82 Å². The van der Waals surface area contributed by atoms with E-state index in [1.54, 1.807) is 0 Å². The van der Waals surface area contributed by atoms with Gasteiger partial charge in [0.15, 0.2) is 6.61 Å². The van der Waals surface area contributed by atoms with E-state index in [2.05, 4.69) is 5.32 Å². The lowest BCUT2D eigenvalue weighted by Crippen LogP contribution is -2.50. The molecule has 0 unspecified atom stereocenters. The van der Waals surface area contributed by atoms with Crippen LogP contribution in [0.2, 0.25) is 5.02 Å². The molecule has 1 amide bonds. The van der Waals surface area contributed by atoms with Crippen LogP contribution in [0.15, 0.2) is 18.2 Å². The van der Waals surface area contributed by atoms with Crippen molar-refractivity contribution in [1.82, 2.24) is 5.32 Å². The van der Waals surface area contributed by atoms with Crippen LogP contribution >= 0.6 is 24.0 Å². The Hall–Kier alpha value is -1.04. The average molecular weight is 339 g/mol. The van der Waals surface area contributed by atoms with Crippen LogP contribution in [0.4, 0.5) is 4.39 Å². The lowest BCUT2D eigenvalue weighted by Gasteiger charge is -2.26. The number of amides is 1. The molecule has 0 heterocycles. The van der Waals surface area contributed by atoms with Crippen LogP contribution < -0.4 is 15.8 Å². The summed E-state index contributed by atoms with van der Waals surface area (Å²) < 4.78 is 18.1. The molecule has 1 rings (SSSR count). The van der Waals surface area contributed by atoms with Crippen molar-refractivity contribution in [2.24, 2.45) is 5.73 Å². The zero-order valence-electron chi connectivity index (χ0n) is 12.1. The largest absolute Gasteiger partial charge is 0.482 e. The van der Waals surface area contributed by atoms with E-state index >= 15 is 0 Å². The predicted molar refractivity (Wildman–Crippen MR) is 84.7 cm³/mol. The Morgan fingerprint density at radius 1 is 1.43 bits per heavy atom. The molecule has 0 saturated heterocycles. The third-order valence-electron chi connectivity index (χ3n) is 3.30. The molecule has 0 aliphatic rings. The zero-order valence-corrected chi connectivity index (χ0v) is 13.7. The normalized spacial score (nSPS) is 10.7. The van der Waals surface area contributed by atoms with Crippen molar-refractivity contribution in [1.29, 1.82) is 0 Å². The topological polar surface area (TPSA) is 64.3 Å². The summed E-state index contributed by atoms with van der Waals surface area (Å²) in [6.45, 7) is 4.16. The van der Waals surface area contributed by atoms with E-state index in [0.29, 0.717) is 6.54 Å². The Kier molecular flexibility index (Phi) is 8.63. The third kappa shape index (κ3) is 6.50. The Morgan fingerprint density at radius 2 is 2.05 bits per heavy atom. The minimum absolute atomic E-state index is 0. The van der Waals surface area contributed by atoms with Crippen LogP contribution in [0.3, 0.4) is 0 Å². The predicted octanol–water partition coefficient (Wildman–Crippen LogP) is 2.91. The van der Waals surface area contributed by atoms with Crippen molar-refractivity contribution in [2.75, 3.05) is 13.2 Å². The number of carbonyl (C=O) groups excluding carboxylic acids is 1. The smallest absolute Gasteiger partial charge is 0.258 e. The molecule has 0 aliphatic heterocycles. The van der Waals surface area contributed by atoms with E-state index in [-0.39, 0.29) is 35.7 Å². The van der Waals surface area contributed by atoms with E-state index in [0.717, 1.165) is 18.9 Å². The fourth-order valence-electron chi connectivity index (χ4n) is 1.56. The molecule has 0 radical (unpaired) electrons. The van der Waals surface area contributed by atoms with Gasteiger partial charge in [-0.1, -0.05) is 25.4 Å². The standard InChI is InChI=1S/C14H20ClFN2O2.ClH/c1-3-14(17,4-2)9-18-13(19)8-20-12-6-5-10(16)7-11(12)15;/h5-7H,3-4,8-9,17H2,1-2H3,(H,18,19);1H. The summed E-state index contributed by atoms with van der Waals surface area (Å²) in [5.41, 5.74) is 5.67. The van der Waals surface area contributed by atoms with Gasteiger partial charge >= 0.3 is 0 Å². The molecule has 4 nitrogen and oxygen atoms in total. The molecule has 3 N–H and O–H groups in total. The van der Waals surface area contributed by atoms with Gasteiger partial charge < -0.3 is 15.8 Å². The fraction of sp³-hybridized carbons (Fsp3) is 0.500. The van der Waals surface area contributed by atoms with Crippen molar-refractivity contribution in [3.05, 3.63) is 29.0 Å². The molecule has 0 saturated carbocycles. The highest BCUT2D eigenvalue weighted by atomic mass is 35.5. The summed E-state index contributed by atoms with van der Waals surface area (Å²) in [7, 11) is 0. The Balaban J connectivity index is 0.00000400. The second kappa shape index (κ2) is 9.07. The van der Waals surface area contributed by atoms with Crippen LogP contribution in [0.25, 0.3) is 0 Å². The minimum atomic E-state index is -0.453. The molecule has 0 spiro atoms. The zero-order chi connectivity index (χ0) is 15.2. The first-order valence-corrected chi connectivity index (χ1v) is 6.91. The van der Waals surface area contributed by atoms with Crippen LogP contribution in [0.1, 0.15) is 26.7 Å².